The number of fused-ring (bicyclic) bond motifs is 1. The first-order valence-corrected chi connectivity index (χ1v) is 5.36. The van der Waals surface area contributed by atoms with Crippen LogP contribution in [0.5, 0.6) is 0 Å². The number of halogens is 3. The number of hydrogen-bond acceptors (Lipinski definition) is 3. The lowest BCUT2D eigenvalue weighted by Gasteiger charge is -2.11. The van der Waals surface area contributed by atoms with Crippen molar-refractivity contribution in [3.8, 4) is 0 Å². The van der Waals surface area contributed by atoms with Crippen molar-refractivity contribution in [2.45, 2.75) is 19.0 Å². The maximum atomic E-state index is 12.8. The Labute approximate surface area is 105 Å². The van der Waals surface area contributed by atoms with Crippen LogP contribution in [-0.4, -0.2) is 21.0 Å². The number of carboxylic acid groups (broad SMARTS) is 1. The van der Waals surface area contributed by atoms with Gasteiger partial charge in [-0.25, -0.2) is 9.97 Å². The van der Waals surface area contributed by atoms with Gasteiger partial charge in [-0.15, -0.1) is 0 Å². The fourth-order valence-electron chi connectivity index (χ4n) is 1.62. The Morgan fingerprint density at radius 3 is 2.63 bits per heavy atom. The van der Waals surface area contributed by atoms with E-state index >= 15 is 0 Å². The summed E-state index contributed by atoms with van der Waals surface area (Å²) in [6.45, 7) is 1.32. The molecule has 7 heteroatoms. The number of carbonyl (C=O) groups is 1. The average molecular weight is 270 g/mol. The molecule has 1 N–H and O–H groups in total. The Morgan fingerprint density at radius 2 is 2.05 bits per heavy atom. The molecule has 0 aliphatic heterocycles. The van der Waals surface area contributed by atoms with Gasteiger partial charge in [-0.2, -0.15) is 13.2 Å². The Balaban J connectivity index is 2.67. The van der Waals surface area contributed by atoms with E-state index in [9.17, 15) is 18.0 Å². The van der Waals surface area contributed by atoms with Gasteiger partial charge >= 0.3 is 12.1 Å². The molecule has 0 saturated heterocycles. The molecular weight excluding hydrogens is 261 g/mol. The number of para-hydroxylation sites is 1. The van der Waals surface area contributed by atoms with Crippen molar-refractivity contribution < 1.29 is 23.1 Å². The summed E-state index contributed by atoms with van der Waals surface area (Å²) in [6.07, 6.45) is -3.34. The van der Waals surface area contributed by atoms with Gasteiger partial charge in [0.2, 0.25) is 0 Å². The lowest BCUT2D eigenvalue weighted by Crippen LogP contribution is -2.13. The monoisotopic (exact) mass is 270 g/mol. The van der Waals surface area contributed by atoms with Crippen molar-refractivity contribution in [1.29, 1.82) is 0 Å². The first kappa shape index (κ1) is 13.3. The molecule has 0 spiro atoms. The van der Waals surface area contributed by atoms with E-state index in [0.29, 0.717) is 0 Å². The molecule has 2 rings (SSSR count). The van der Waals surface area contributed by atoms with E-state index in [-0.39, 0.29) is 16.7 Å². The maximum absolute atomic E-state index is 12.8. The molecule has 1 heterocycles. The summed E-state index contributed by atoms with van der Waals surface area (Å²) in [7, 11) is 0. The predicted octanol–water partition coefficient (Wildman–Crippen LogP) is 2.84. The van der Waals surface area contributed by atoms with Gasteiger partial charge in [-0.1, -0.05) is 12.1 Å². The Kier molecular flexibility index (Phi) is 3.13. The lowest BCUT2D eigenvalue weighted by molar-refractivity contribution is -0.138. The van der Waals surface area contributed by atoms with Crippen LogP contribution in [0, 0.1) is 0 Å². The standard InChI is InChI=1S/C12H9F3N2O2/c1-6(11(18)19)10-16-5-7-3-2-4-8(9(7)17-10)12(13,14)15/h2-6H,1H3,(H,18,19). The molecule has 0 aliphatic carbocycles. The van der Waals surface area contributed by atoms with Crippen molar-refractivity contribution in [2.24, 2.45) is 0 Å². The van der Waals surface area contributed by atoms with Crippen molar-refractivity contribution >= 4 is 16.9 Å². The summed E-state index contributed by atoms with van der Waals surface area (Å²) in [5.41, 5.74) is -1.18. The Bertz CT molecular complexity index is 640. The molecule has 100 valence electrons. The third-order valence-corrected chi connectivity index (χ3v) is 2.69. The second-order valence-electron chi connectivity index (χ2n) is 4.03. The zero-order chi connectivity index (χ0) is 14.2. The van der Waals surface area contributed by atoms with E-state index in [1.54, 1.807) is 0 Å². The fourth-order valence-corrected chi connectivity index (χ4v) is 1.62. The van der Waals surface area contributed by atoms with E-state index in [0.717, 1.165) is 6.07 Å². The molecule has 19 heavy (non-hydrogen) atoms. The highest BCUT2D eigenvalue weighted by molar-refractivity contribution is 5.82. The third kappa shape index (κ3) is 2.49. The molecule has 1 aromatic heterocycles. The normalized spacial score (nSPS) is 13.5. The van der Waals surface area contributed by atoms with Crippen LogP contribution in [0.2, 0.25) is 0 Å². The van der Waals surface area contributed by atoms with Crippen LogP contribution >= 0.6 is 0 Å². The van der Waals surface area contributed by atoms with Gasteiger partial charge in [-0.3, -0.25) is 4.79 Å². The van der Waals surface area contributed by atoms with Crippen LogP contribution in [0.15, 0.2) is 24.4 Å². The highest BCUT2D eigenvalue weighted by Crippen LogP contribution is 2.33. The van der Waals surface area contributed by atoms with Crippen molar-refractivity contribution in [3.63, 3.8) is 0 Å². The van der Waals surface area contributed by atoms with Crippen LogP contribution in [-0.2, 0) is 11.0 Å². The molecule has 0 bridgehead atoms. The van der Waals surface area contributed by atoms with Gasteiger partial charge in [0.1, 0.15) is 11.7 Å². The summed E-state index contributed by atoms with van der Waals surface area (Å²) in [5.74, 6) is -2.40. The molecule has 0 fully saturated rings. The highest BCUT2D eigenvalue weighted by atomic mass is 19.4. The molecule has 1 aromatic carbocycles. The maximum Gasteiger partial charge on any atom is 0.418 e. The first-order valence-electron chi connectivity index (χ1n) is 5.36. The van der Waals surface area contributed by atoms with Crippen molar-refractivity contribution in [1.82, 2.24) is 9.97 Å². The topological polar surface area (TPSA) is 63.1 Å². The number of benzene rings is 1. The Hall–Kier alpha value is -2.18. The van der Waals surface area contributed by atoms with E-state index in [1.165, 1.54) is 25.3 Å². The van der Waals surface area contributed by atoms with Gasteiger partial charge in [0.05, 0.1) is 11.1 Å². The van der Waals surface area contributed by atoms with E-state index < -0.39 is 23.6 Å². The molecule has 0 radical (unpaired) electrons. The quantitative estimate of drug-likeness (QED) is 0.911. The van der Waals surface area contributed by atoms with Crippen LogP contribution < -0.4 is 0 Å². The summed E-state index contributed by atoms with van der Waals surface area (Å²) < 4.78 is 38.5. The molecular formula is C12H9F3N2O2. The summed E-state index contributed by atoms with van der Waals surface area (Å²) >= 11 is 0. The molecule has 0 amide bonds. The number of carboxylic acids is 1. The summed E-state index contributed by atoms with van der Waals surface area (Å²) in [5, 5.41) is 9.05. The highest BCUT2D eigenvalue weighted by Gasteiger charge is 2.33. The largest absolute Gasteiger partial charge is 0.481 e. The number of rotatable bonds is 2. The predicted molar refractivity (Wildman–Crippen MR) is 60.6 cm³/mol. The molecule has 1 atom stereocenters. The average Bonchev–Trinajstić information content (AvgIpc) is 2.35. The SMILES string of the molecule is CC(C(=O)O)c1ncc2cccc(C(F)(F)F)c2n1. The molecule has 0 aliphatic rings. The number of aliphatic carboxylic acids is 1. The minimum absolute atomic E-state index is 0.142. The minimum atomic E-state index is -4.54. The number of nitrogens with zero attached hydrogens (tertiary/aromatic N) is 2. The van der Waals surface area contributed by atoms with E-state index in [1.807, 2.05) is 0 Å². The van der Waals surface area contributed by atoms with Crippen molar-refractivity contribution in [3.05, 3.63) is 35.8 Å². The second kappa shape index (κ2) is 4.49. The number of aromatic nitrogens is 2. The zero-order valence-electron chi connectivity index (χ0n) is 9.77. The van der Waals surface area contributed by atoms with Crippen LogP contribution in [0.25, 0.3) is 10.9 Å². The molecule has 2 aromatic rings. The van der Waals surface area contributed by atoms with E-state index in [4.69, 9.17) is 5.11 Å². The summed E-state index contributed by atoms with van der Waals surface area (Å²) in [4.78, 5) is 18.4. The van der Waals surface area contributed by atoms with Crippen LogP contribution in [0.4, 0.5) is 13.2 Å². The summed E-state index contributed by atoms with van der Waals surface area (Å²) in [6, 6.07) is 3.61. The number of alkyl halides is 3. The van der Waals surface area contributed by atoms with Crippen molar-refractivity contribution in [2.75, 3.05) is 0 Å². The third-order valence-electron chi connectivity index (χ3n) is 2.69. The zero-order valence-corrected chi connectivity index (χ0v) is 9.77. The minimum Gasteiger partial charge on any atom is -0.481 e. The van der Waals surface area contributed by atoms with Gasteiger partial charge in [0.15, 0.2) is 0 Å². The lowest BCUT2D eigenvalue weighted by atomic mass is 10.1. The first-order chi connectivity index (χ1) is 8.80. The second-order valence-corrected chi connectivity index (χ2v) is 4.03. The van der Waals surface area contributed by atoms with Gasteiger partial charge in [0, 0.05) is 11.6 Å². The molecule has 0 saturated carbocycles. The molecule has 4 nitrogen and oxygen atoms in total. The van der Waals surface area contributed by atoms with Gasteiger partial charge < -0.3 is 5.11 Å². The van der Waals surface area contributed by atoms with Crippen LogP contribution in [0.1, 0.15) is 24.2 Å². The van der Waals surface area contributed by atoms with Gasteiger partial charge in [0.25, 0.3) is 0 Å². The smallest absolute Gasteiger partial charge is 0.418 e. The van der Waals surface area contributed by atoms with Gasteiger partial charge in [-0.05, 0) is 13.0 Å². The van der Waals surface area contributed by atoms with E-state index in [2.05, 4.69) is 9.97 Å². The Morgan fingerprint density at radius 1 is 1.37 bits per heavy atom. The molecule has 1 unspecified atom stereocenters. The fraction of sp³-hybridized carbons (Fsp3) is 0.250. The van der Waals surface area contributed by atoms with Crippen LogP contribution in [0.3, 0.4) is 0 Å². The number of hydrogen-bond donors (Lipinski definition) is 1.